The molecule has 9 heavy (non-hydrogen) atoms. The van der Waals surface area contributed by atoms with E-state index in [-0.39, 0.29) is 9.52 Å². The molecule has 0 aromatic rings. The zero-order valence-electron chi connectivity index (χ0n) is 6.74. The molecular weight excluding hydrogens is 124 g/mol. The van der Waals surface area contributed by atoms with Gasteiger partial charge in [-0.25, -0.2) is 0 Å². The maximum absolute atomic E-state index is 2.50. The van der Waals surface area contributed by atoms with Gasteiger partial charge >= 0.3 is 0 Å². The monoisotopic (exact) mass is 142 g/mol. The molecule has 0 bridgehead atoms. The molecule has 0 amide bonds. The number of rotatable bonds is 1. The van der Waals surface area contributed by atoms with E-state index in [2.05, 4.69) is 13.5 Å². The molecule has 1 fully saturated rings. The van der Waals surface area contributed by atoms with Gasteiger partial charge in [0, 0.05) is 9.52 Å². The molecule has 0 aliphatic heterocycles. The summed E-state index contributed by atoms with van der Waals surface area (Å²) in [6, 6.07) is 0. The molecule has 0 atom stereocenters. The average molecular weight is 142 g/mol. The maximum Gasteiger partial charge on any atom is 0.0236 e. The smallest absolute Gasteiger partial charge is 0.0236 e. The van der Waals surface area contributed by atoms with Crippen molar-refractivity contribution in [1.82, 2.24) is 0 Å². The fourth-order valence-electron chi connectivity index (χ4n) is 1.76. The molecule has 0 aromatic heterocycles. The first kappa shape index (κ1) is 7.33. The van der Waals surface area contributed by atoms with Gasteiger partial charge in [0.2, 0.25) is 0 Å². The first-order valence-electron chi connectivity index (χ1n) is 4.27. The van der Waals surface area contributed by atoms with E-state index in [9.17, 15) is 0 Å². The van der Waals surface area contributed by atoms with E-state index in [0.717, 1.165) is 5.04 Å². The van der Waals surface area contributed by atoms with Crippen molar-refractivity contribution in [3.8, 4) is 0 Å². The molecule has 0 aromatic carbocycles. The topological polar surface area (TPSA) is 0 Å². The Morgan fingerprint density at radius 3 is 2.00 bits per heavy atom. The molecule has 1 aliphatic carbocycles. The third-order valence-electron chi connectivity index (χ3n) is 2.91. The summed E-state index contributed by atoms with van der Waals surface area (Å²) in [6.07, 6.45) is 7.60. The highest BCUT2D eigenvalue weighted by atomic mass is 28.2. The second kappa shape index (κ2) is 2.87. The Labute approximate surface area is 60.9 Å². The number of hydrogen-bond acceptors (Lipinski definition) is 0. The van der Waals surface area contributed by atoms with Gasteiger partial charge in [-0.15, -0.1) is 0 Å². The molecule has 0 heterocycles. The zero-order valence-corrected chi connectivity index (χ0v) is 8.16. The van der Waals surface area contributed by atoms with Crippen LogP contribution in [0.5, 0.6) is 0 Å². The highest BCUT2D eigenvalue weighted by Crippen LogP contribution is 2.40. The van der Waals surface area contributed by atoms with Crippen LogP contribution in [0.1, 0.15) is 39.0 Å². The standard InChI is InChI=1S/C8H18Si/c1-8(9-2)6-4-3-5-7-8/h3-7,9H2,1-2H3. The van der Waals surface area contributed by atoms with Crippen molar-refractivity contribution in [2.24, 2.45) is 0 Å². The molecule has 1 rings (SSSR count). The van der Waals surface area contributed by atoms with Crippen molar-refractivity contribution < 1.29 is 0 Å². The summed E-state index contributed by atoms with van der Waals surface area (Å²) in [7, 11) is 0.272. The van der Waals surface area contributed by atoms with Crippen molar-refractivity contribution in [3.63, 3.8) is 0 Å². The quantitative estimate of drug-likeness (QED) is 0.493. The van der Waals surface area contributed by atoms with E-state index in [1.54, 1.807) is 0 Å². The van der Waals surface area contributed by atoms with E-state index in [0.29, 0.717) is 0 Å². The van der Waals surface area contributed by atoms with Gasteiger partial charge in [-0.1, -0.05) is 45.6 Å². The molecule has 0 nitrogen and oxygen atoms in total. The van der Waals surface area contributed by atoms with Crippen LogP contribution in [-0.4, -0.2) is 9.52 Å². The summed E-state index contributed by atoms with van der Waals surface area (Å²) in [4.78, 5) is 0. The van der Waals surface area contributed by atoms with E-state index in [1.165, 1.54) is 32.1 Å². The van der Waals surface area contributed by atoms with Crippen molar-refractivity contribution >= 4 is 9.52 Å². The summed E-state index contributed by atoms with van der Waals surface area (Å²) in [5.41, 5.74) is 0. The molecular formula is C8H18Si. The Bertz CT molecular complexity index is 82.6. The summed E-state index contributed by atoms with van der Waals surface area (Å²) in [5, 5.41) is 0.859. The zero-order chi connectivity index (χ0) is 6.74. The van der Waals surface area contributed by atoms with Gasteiger partial charge in [-0.3, -0.25) is 0 Å². The molecule has 0 spiro atoms. The van der Waals surface area contributed by atoms with Crippen LogP contribution in [0, 0.1) is 0 Å². The van der Waals surface area contributed by atoms with Crippen LogP contribution in [0.2, 0.25) is 11.6 Å². The Hall–Kier alpha value is 0.217. The van der Waals surface area contributed by atoms with Gasteiger partial charge in [0.25, 0.3) is 0 Å². The van der Waals surface area contributed by atoms with Gasteiger partial charge in [0.15, 0.2) is 0 Å². The van der Waals surface area contributed by atoms with Crippen LogP contribution in [0.25, 0.3) is 0 Å². The lowest BCUT2D eigenvalue weighted by Gasteiger charge is -2.31. The predicted molar refractivity (Wildman–Crippen MR) is 45.9 cm³/mol. The van der Waals surface area contributed by atoms with Gasteiger partial charge in [0.05, 0.1) is 0 Å². The van der Waals surface area contributed by atoms with Gasteiger partial charge in [-0.2, -0.15) is 0 Å². The SMILES string of the molecule is C[SiH2]C1(C)CCCCC1. The minimum Gasteiger partial charge on any atom is -0.0744 e. The second-order valence-corrected chi connectivity index (χ2v) is 6.14. The largest absolute Gasteiger partial charge is 0.0744 e. The summed E-state index contributed by atoms with van der Waals surface area (Å²) in [6.45, 7) is 4.96. The van der Waals surface area contributed by atoms with Crippen LogP contribution < -0.4 is 0 Å². The molecule has 54 valence electrons. The minimum atomic E-state index is 0.272. The highest BCUT2D eigenvalue weighted by molar-refractivity contribution is 6.38. The highest BCUT2D eigenvalue weighted by Gasteiger charge is 2.23. The first-order chi connectivity index (χ1) is 4.27. The Balaban J connectivity index is 2.37. The van der Waals surface area contributed by atoms with Crippen molar-refractivity contribution in [3.05, 3.63) is 0 Å². The Morgan fingerprint density at radius 1 is 1.11 bits per heavy atom. The Kier molecular flexibility index (Phi) is 2.33. The fourth-order valence-corrected chi connectivity index (χ4v) is 2.97. The predicted octanol–water partition coefficient (Wildman–Crippen LogP) is 2.35. The molecule has 1 aliphatic rings. The van der Waals surface area contributed by atoms with E-state index < -0.39 is 0 Å². The lowest BCUT2D eigenvalue weighted by Crippen LogP contribution is -2.17. The second-order valence-electron chi connectivity index (χ2n) is 3.72. The van der Waals surface area contributed by atoms with Crippen LogP contribution in [0.4, 0.5) is 0 Å². The van der Waals surface area contributed by atoms with Crippen LogP contribution in [-0.2, 0) is 0 Å². The lowest BCUT2D eigenvalue weighted by molar-refractivity contribution is 0.400. The van der Waals surface area contributed by atoms with Crippen molar-refractivity contribution in [2.45, 2.75) is 50.6 Å². The van der Waals surface area contributed by atoms with Gasteiger partial charge < -0.3 is 0 Å². The van der Waals surface area contributed by atoms with Gasteiger partial charge in [-0.05, 0) is 5.04 Å². The normalized spacial score (nSPS) is 27.3. The fraction of sp³-hybridized carbons (Fsp3) is 1.00. The van der Waals surface area contributed by atoms with Crippen molar-refractivity contribution in [1.29, 1.82) is 0 Å². The van der Waals surface area contributed by atoms with Crippen LogP contribution >= 0.6 is 0 Å². The third kappa shape index (κ3) is 1.82. The van der Waals surface area contributed by atoms with E-state index in [1.807, 2.05) is 0 Å². The molecule has 1 saturated carbocycles. The lowest BCUT2D eigenvalue weighted by atomic mass is 9.90. The molecule has 0 radical (unpaired) electrons. The maximum atomic E-state index is 2.50. The molecule has 0 saturated heterocycles. The summed E-state index contributed by atoms with van der Waals surface area (Å²) < 4.78 is 0. The summed E-state index contributed by atoms with van der Waals surface area (Å²) in [5.74, 6) is 0. The van der Waals surface area contributed by atoms with Gasteiger partial charge in [0.1, 0.15) is 0 Å². The van der Waals surface area contributed by atoms with Crippen LogP contribution in [0.3, 0.4) is 0 Å². The molecule has 0 unspecified atom stereocenters. The average Bonchev–Trinajstić information content (AvgIpc) is 1.90. The van der Waals surface area contributed by atoms with Crippen LogP contribution in [0.15, 0.2) is 0 Å². The minimum absolute atomic E-state index is 0.272. The number of hydrogen-bond donors (Lipinski definition) is 0. The molecule has 0 N–H and O–H groups in total. The third-order valence-corrected chi connectivity index (χ3v) is 5.33. The van der Waals surface area contributed by atoms with E-state index in [4.69, 9.17) is 0 Å². The van der Waals surface area contributed by atoms with E-state index >= 15 is 0 Å². The Morgan fingerprint density at radius 2 is 1.67 bits per heavy atom. The summed E-state index contributed by atoms with van der Waals surface area (Å²) >= 11 is 0. The molecule has 1 heteroatoms. The first-order valence-corrected chi connectivity index (χ1v) is 6.39. The van der Waals surface area contributed by atoms with Crippen molar-refractivity contribution in [2.75, 3.05) is 0 Å².